The molecule has 1 N–H and O–H groups in total. The number of ether oxygens (including phenoxy) is 1. The summed E-state index contributed by atoms with van der Waals surface area (Å²) >= 11 is 0.739. The van der Waals surface area contributed by atoms with Gasteiger partial charge in [0.25, 0.3) is 11.1 Å². The molecule has 166 valence electrons. The third kappa shape index (κ3) is 4.56. The minimum absolute atomic E-state index is 0.00247. The van der Waals surface area contributed by atoms with Gasteiger partial charge in [-0.15, -0.1) is 0 Å². The topological polar surface area (TPSA) is 127 Å². The van der Waals surface area contributed by atoms with Gasteiger partial charge in [0.05, 0.1) is 18.6 Å². The van der Waals surface area contributed by atoms with Crippen LogP contribution < -0.4 is 10.1 Å². The Labute approximate surface area is 190 Å². The lowest BCUT2D eigenvalue weighted by Crippen LogP contribution is -2.14. The van der Waals surface area contributed by atoms with Crippen LogP contribution in [0.15, 0.2) is 41.1 Å². The van der Waals surface area contributed by atoms with Gasteiger partial charge in [-0.1, -0.05) is 19.1 Å². The number of amides is 1. The fourth-order valence-corrected chi connectivity index (χ4v) is 4.69. The van der Waals surface area contributed by atoms with Crippen molar-refractivity contribution < 1.29 is 17.9 Å². The Balaban J connectivity index is 1.92. The molecule has 9 nitrogen and oxygen atoms in total. The van der Waals surface area contributed by atoms with Crippen LogP contribution in [0.2, 0.25) is 0 Å². The number of methoxy groups -OCH3 is 1. The molecule has 1 aromatic carbocycles. The molecule has 0 aliphatic heterocycles. The molecule has 0 bridgehead atoms. The highest BCUT2D eigenvalue weighted by molar-refractivity contribution is 7.91. The third-order valence-corrected chi connectivity index (χ3v) is 6.99. The van der Waals surface area contributed by atoms with E-state index in [-0.39, 0.29) is 21.6 Å². The van der Waals surface area contributed by atoms with Crippen molar-refractivity contribution in [2.75, 3.05) is 18.2 Å². The largest absolute Gasteiger partial charge is 0.495 e. The number of nitriles is 1. The lowest BCUT2D eigenvalue weighted by molar-refractivity contribution is -0.112. The number of hydrogen-bond donors (Lipinski definition) is 1. The van der Waals surface area contributed by atoms with E-state index in [4.69, 9.17) is 4.74 Å². The first-order valence-corrected chi connectivity index (χ1v) is 12.0. The summed E-state index contributed by atoms with van der Waals surface area (Å²) in [4.78, 5) is 16.5. The first-order valence-electron chi connectivity index (χ1n) is 9.53. The van der Waals surface area contributed by atoms with Crippen molar-refractivity contribution in [2.24, 2.45) is 0 Å². The summed E-state index contributed by atoms with van der Waals surface area (Å²) in [6.45, 7) is 5.28. The molecule has 0 fully saturated rings. The predicted octanol–water partition coefficient (Wildman–Crippen LogP) is 3.29. The average molecular weight is 472 g/mol. The SMILES string of the molecule is CCS(=O)(=O)c1nsc(NC(=O)/C(C#N)=C\c2cc(C)n(-c3ccccc3OC)c2C)n1. The summed E-state index contributed by atoms with van der Waals surface area (Å²) in [5, 5.41) is 11.6. The molecule has 2 aromatic heterocycles. The second kappa shape index (κ2) is 9.33. The van der Waals surface area contributed by atoms with Crippen LogP contribution in [0.4, 0.5) is 5.13 Å². The van der Waals surface area contributed by atoms with Gasteiger partial charge in [0.15, 0.2) is 0 Å². The minimum Gasteiger partial charge on any atom is -0.495 e. The Hall–Kier alpha value is -3.49. The van der Waals surface area contributed by atoms with Gasteiger partial charge in [-0.05, 0) is 43.7 Å². The van der Waals surface area contributed by atoms with E-state index in [1.165, 1.54) is 13.0 Å². The van der Waals surface area contributed by atoms with E-state index >= 15 is 0 Å². The minimum atomic E-state index is -3.58. The molecule has 3 aromatic rings. The molecule has 11 heteroatoms. The second-order valence-corrected chi connectivity index (χ2v) is 9.67. The van der Waals surface area contributed by atoms with Crippen LogP contribution in [0.3, 0.4) is 0 Å². The second-order valence-electron chi connectivity index (χ2n) is 6.74. The zero-order chi connectivity index (χ0) is 23.5. The summed E-state index contributed by atoms with van der Waals surface area (Å²) in [6.07, 6.45) is 1.48. The molecule has 0 saturated heterocycles. The number of hydrogen-bond acceptors (Lipinski definition) is 8. The lowest BCUT2D eigenvalue weighted by Gasteiger charge is -2.13. The van der Waals surface area contributed by atoms with Crippen molar-refractivity contribution >= 4 is 38.5 Å². The number of sulfone groups is 1. The maximum absolute atomic E-state index is 12.6. The van der Waals surface area contributed by atoms with E-state index in [2.05, 4.69) is 14.7 Å². The fraction of sp³-hybridized carbons (Fsp3) is 0.238. The van der Waals surface area contributed by atoms with E-state index in [1.54, 1.807) is 7.11 Å². The number of carbonyl (C=O) groups is 1. The Morgan fingerprint density at radius 3 is 2.72 bits per heavy atom. The lowest BCUT2D eigenvalue weighted by atomic mass is 10.1. The predicted molar refractivity (Wildman–Crippen MR) is 122 cm³/mol. The number of para-hydroxylation sites is 2. The number of benzene rings is 1. The molecule has 2 heterocycles. The van der Waals surface area contributed by atoms with Crippen molar-refractivity contribution in [3.63, 3.8) is 0 Å². The van der Waals surface area contributed by atoms with E-state index < -0.39 is 15.7 Å². The van der Waals surface area contributed by atoms with Crippen LogP contribution in [0.1, 0.15) is 23.9 Å². The van der Waals surface area contributed by atoms with Crippen LogP contribution in [-0.4, -0.2) is 41.1 Å². The summed E-state index contributed by atoms with van der Waals surface area (Å²) < 4.78 is 34.9. The maximum atomic E-state index is 12.6. The highest BCUT2D eigenvalue weighted by Crippen LogP contribution is 2.29. The van der Waals surface area contributed by atoms with Crippen LogP contribution >= 0.6 is 11.5 Å². The Morgan fingerprint density at radius 1 is 1.34 bits per heavy atom. The summed E-state index contributed by atoms with van der Waals surface area (Å²) in [7, 11) is -1.99. The fourth-order valence-electron chi connectivity index (χ4n) is 3.10. The quantitative estimate of drug-likeness (QED) is 0.414. The van der Waals surface area contributed by atoms with E-state index in [0.29, 0.717) is 11.3 Å². The molecule has 0 saturated carbocycles. The van der Waals surface area contributed by atoms with Crippen LogP contribution in [-0.2, 0) is 14.6 Å². The van der Waals surface area contributed by atoms with E-state index in [0.717, 1.165) is 28.6 Å². The maximum Gasteiger partial charge on any atom is 0.268 e. The molecular weight excluding hydrogens is 450 g/mol. The van der Waals surface area contributed by atoms with Gasteiger partial charge < -0.3 is 9.30 Å². The van der Waals surface area contributed by atoms with Gasteiger partial charge in [0.1, 0.15) is 17.4 Å². The van der Waals surface area contributed by atoms with Crippen molar-refractivity contribution in [2.45, 2.75) is 25.9 Å². The van der Waals surface area contributed by atoms with Gasteiger partial charge in [-0.3, -0.25) is 10.1 Å². The summed E-state index contributed by atoms with van der Waals surface area (Å²) in [5.41, 5.74) is 3.09. The Bertz CT molecular complexity index is 1350. The number of carbonyl (C=O) groups excluding carboxylic acids is 1. The van der Waals surface area contributed by atoms with Crippen molar-refractivity contribution in [3.05, 3.63) is 52.9 Å². The van der Waals surface area contributed by atoms with Gasteiger partial charge in [-0.25, -0.2) is 8.42 Å². The highest BCUT2D eigenvalue weighted by atomic mass is 32.2. The highest BCUT2D eigenvalue weighted by Gasteiger charge is 2.20. The molecule has 0 aliphatic rings. The van der Waals surface area contributed by atoms with E-state index in [1.807, 2.05) is 54.8 Å². The molecule has 1 amide bonds. The molecule has 0 spiro atoms. The smallest absolute Gasteiger partial charge is 0.268 e. The number of nitrogens with one attached hydrogen (secondary N) is 1. The number of aromatic nitrogens is 3. The number of aryl methyl sites for hydroxylation is 1. The first-order chi connectivity index (χ1) is 15.2. The van der Waals surface area contributed by atoms with Crippen LogP contribution in [0.25, 0.3) is 11.8 Å². The van der Waals surface area contributed by atoms with E-state index in [9.17, 15) is 18.5 Å². The van der Waals surface area contributed by atoms with Gasteiger partial charge >= 0.3 is 0 Å². The van der Waals surface area contributed by atoms with Crippen LogP contribution in [0, 0.1) is 25.2 Å². The number of rotatable bonds is 7. The van der Waals surface area contributed by atoms with Crippen molar-refractivity contribution in [3.8, 4) is 17.5 Å². The number of nitrogens with zero attached hydrogens (tertiary/aromatic N) is 4. The van der Waals surface area contributed by atoms with Crippen molar-refractivity contribution in [1.29, 1.82) is 5.26 Å². The average Bonchev–Trinajstić information content (AvgIpc) is 3.36. The molecule has 32 heavy (non-hydrogen) atoms. The molecule has 0 radical (unpaired) electrons. The Kier molecular flexibility index (Phi) is 6.76. The standard InChI is InChI=1S/C21H21N5O4S2/c1-5-32(28,29)21-24-20(31-25-21)23-19(27)16(12-22)11-15-10-13(2)26(14(15)3)17-8-6-7-9-18(17)30-4/h6-11H,5H2,1-4H3,(H,23,24,25,27)/b16-11-. The molecule has 0 aliphatic carbocycles. The summed E-state index contributed by atoms with van der Waals surface area (Å²) in [6, 6.07) is 11.3. The normalized spacial score (nSPS) is 11.8. The Morgan fingerprint density at radius 2 is 2.06 bits per heavy atom. The van der Waals surface area contributed by atoms with Crippen molar-refractivity contribution in [1.82, 2.24) is 13.9 Å². The monoisotopic (exact) mass is 471 g/mol. The number of anilines is 1. The third-order valence-electron chi connectivity index (χ3n) is 4.75. The summed E-state index contributed by atoms with van der Waals surface area (Å²) in [5.74, 6) is -0.161. The molecule has 0 unspecified atom stereocenters. The van der Waals surface area contributed by atoms with Gasteiger partial charge in [-0.2, -0.15) is 14.6 Å². The molecular formula is C21H21N5O4S2. The molecule has 3 rings (SSSR count). The van der Waals surface area contributed by atoms with Gasteiger partial charge in [0.2, 0.25) is 15.0 Å². The zero-order valence-corrected chi connectivity index (χ0v) is 19.5. The van der Waals surface area contributed by atoms with Crippen LogP contribution in [0.5, 0.6) is 5.75 Å². The zero-order valence-electron chi connectivity index (χ0n) is 17.9. The molecule has 0 atom stereocenters. The first kappa shape index (κ1) is 23.2. The van der Waals surface area contributed by atoms with Gasteiger partial charge in [0, 0.05) is 22.9 Å².